The molecular formula is C29H38FN3O7Si. The van der Waals surface area contributed by atoms with Crippen molar-refractivity contribution >= 4 is 43.5 Å². The molecule has 10 nitrogen and oxygen atoms in total. The highest BCUT2D eigenvalue weighted by atomic mass is 28.4. The SMILES string of the molecule is C=CCN1C(=O)[C@@]2(O[C@@H](CC(=O)N3CCC[C@H]3CO)[C@H]([Si](C)(C)F)[C@H]2C)c2cc(N3C(=O)CC3OC(C)=O)ccc21. The number of aliphatic hydroxyl groups excluding tert-OH is 1. The van der Waals surface area contributed by atoms with E-state index >= 15 is 4.11 Å². The van der Waals surface area contributed by atoms with E-state index in [4.69, 9.17) is 9.47 Å². The predicted molar refractivity (Wildman–Crippen MR) is 151 cm³/mol. The van der Waals surface area contributed by atoms with E-state index in [9.17, 15) is 24.3 Å². The molecule has 3 saturated heterocycles. The second kappa shape index (κ2) is 10.6. The third-order valence-corrected chi connectivity index (χ3v) is 11.5. The molecule has 4 aliphatic heterocycles. The number of ether oxygens (including phenoxy) is 2. The number of β-lactam (4-membered cyclic amide) rings is 1. The van der Waals surface area contributed by atoms with Crippen LogP contribution in [0, 0.1) is 5.92 Å². The van der Waals surface area contributed by atoms with Crippen LogP contribution in [0.15, 0.2) is 30.9 Å². The van der Waals surface area contributed by atoms with Crippen LogP contribution in [0.2, 0.25) is 18.6 Å². The first-order valence-electron chi connectivity index (χ1n) is 14.2. The molecule has 4 aliphatic rings. The summed E-state index contributed by atoms with van der Waals surface area (Å²) in [6, 6.07) is 4.82. The summed E-state index contributed by atoms with van der Waals surface area (Å²) in [6.45, 7) is 10.6. The number of hydrogen-bond donors (Lipinski definition) is 1. The van der Waals surface area contributed by atoms with Crippen molar-refractivity contribution in [1.82, 2.24) is 4.90 Å². The average Bonchev–Trinajstić information content (AvgIpc) is 3.54. The first-order chi connectivity index (χ1) is 19.3. The van der Waals surface area contributed by atoms with Gasteiger partial charge in [-0.25, -0.2) is 0 Å². The molecule has 1 N–H and O–H groups in total. The fourth-order valence-electron chi connectivity index (χ4n) is 7.32. The number of aliphatic hydroxyl groups is 1. The zero-order chi connectivity index (χ0) is 29.9. The number of hydrogen-bond acceptors (Lipinski definition) is 7. The van der Waals surface area contributed by atoms with Gasteiger partial charge < -0.3 is 28.5 Å². The molecule has 12 heteroatoms. The Bertz CT molecular complexity index is 1290. The minimum absolute atomic E-state index is 0.0511. The summed E-state index contributed by atoms with van der Waals surface area (Å²) in [5.74, 6) is -1.96. The molecule has 4 heterocycles. The van der Waals surface area contributed by atoms with E-state index in [1.807, 2.05) is 0 Å². The Labute approximate surface area is 240 Å². The van der Waals surface area contributed by atoms with Crippen molar-refractivity contribution in [3.63, 3.8) is 0 Å². The molecule has 41 heavy (non-hydrogen) atoms. The fraction of sp³-hybridized carbons (Fsp3) is 0.586. The largest absolute Gasteiger partial charge is 0.441 e. The monoisotopic (exact) mass is 587 g/mol. The van der Waals surface area contributed by atoms with E-state index in [2.05, 4.69) is 6.58 Å². The third-order valence-electron chi connectivity index (χ3n) is 9.03. The van der Waals surface area contributed by atoms with Gasteiger partial charge in [0.15, 0.2) is 11.8 Å². The lowest BCUT2D eigenvalue weighted by molar-refractivity contribution is -0.154. The second-order valence-corrected chi connectivity index (χ2v) is 15.8. The number of amides is 3. The average molecular weight is 588 g/mol. The number of likely N-dealkylation sites (tertiary alicyclic amines) is 1. The fourth-order valence-corrected chi connectivity index (χ4v) is 9.82. The lowest BCUT2D eigenvalue weighted by Gasteiger charge is -2.39. The van der Waals surface area contributed by atoms with Crippen molar-refractivity contribution in [2.75, 3.05) is 29.5 Å². The molecule has 0 aliphatic carbocycles. The van der Waals surface area contributed by atoms with Gasteiger partial charge in [0.05, 0.1) is 37.3 Å². The molecule has 1 unspecified atom stereocenters. The minimum atomic E-state index is -3.50. The summed E-state index contributed by atoms with van der Waals surface area (Å²) in [7, 11) is -3.50. The van der Waals surface area contributed by atoms with Crippen LogP contribution in [-0.4, -0.2) is 80.2 Å². The number of benzene rings is 1. The molecule has 3 fully saturated rings. The van der Waals surface area contributed by atoms with Crippen molar-refractivity contribution in [3.8, 4) is 0 Å². The molecule has 222 valence electrons. The zero-order valence-electron chi connectivity index (χ0n) is 24.0. The van der Waals surface area contributed by atoms with E-state index in [0.717, 1.165) is 6.42 Å². The molecule has 0 radical (unpaired) electrons. The van der Waals surface area contributed by atoms with Gasteiger partial charge in [-0.3, -0.25) is 24.1 Å². The number of rotatable bonds is 8. The van der Waals surface area contributed by atoms with Crippen molar-refractivity contribution in [1.29, 1.82) is 0 Å². The highest BCUT2D eigenvalue weighted by Crippen LogP contribution is 2.60. The first kappa shape index (κ1) is 29.4. The number of nitrogens with zero attached hydrogens (tertiary/aromatic N) is 3. The number of carbonyl (C=O) groups excluding carboxylic acids is 4. The van der Waals surface area contributed by atoms with Gasteiger partial charge in [-0.15, -0.1) is 6.58 Å². The number of halogens is 1. The van der Waals surface area contributed by atoms with E-state index in [0.29, 0.717) is 29.9 Å². The maximum Gasteiger partial charge on any atom is 0.304 e. The quantitative estimate of drug-likeness (QED) is 0.163. The summed E-state index contributed by atoms with van der Waals surface area (Å²) in [6.07, 6.45) is 1.42. The summed E-state index contributed by atoms with van der Waals surface area (Å²) >= 11 is 0. The molecule has 1 aromatic rings. The van der Waals surface area contributed by atoms with Gasteiger partial charge in [-0.1, -0.05) is 13.0 Å². The van der Waals surface area contributed by atoms with Crippen LogP contribution >= 0.6 is 0 Å². The topological polar surface area (TPSA) is 117 Å². The Balaban J connectivity index is 1.56. The summed E-state index contributed by atoms with van der Waals surface area (Å²) in [4.78, 5) is 56.4. The van der Waals surface area contributed by atoms with E-state index < -0.39 is 43.8 Å². The lowest BCUT2D eigenvalue weighted by Crippen LogP contribution is -2.55. The minimum Gasteiger partial charge on any atom is -0.441 e. The van der Waals surface area contributed by atoms with Gasteiger partial charge in [-0.05, 0) is 44.1 Å². The van der Waals surface area contributed by atoms with Crippen LogP contribution in [0.1, 0.15) is 45.1 Å². The Morgan fingerprint density at radius 1 is 1.32 bits per heavy atom. The zero-order valence-corrected chi connectivity index (χ0v) is 25.0. The molecule has 0 aromatic heterocycles. The number of esters is 1. The maximum atomic E-state index is 16.1. The first-order valence-corrected chi connectivity index (χ1v) is 17.1. The molecule has 0 saturated carbocycles. The summed E-state index contributed by atoms with van der Waals surface area (Å²) in [5, 5.41) is 9.75. The Hall–Kier alpha value is -3.09. The predicted octanol–water partition coefficient (Wildman–Crippen LogP) is 2.99. The number of fused-ring (bicyclic) bond motifs is 2. The van der Waals surface area contributed by atoms with Crippen molar-refractivity contribution < 1.29 is 37.9 Å². The Morgan fingerprint density at radius 2 is 2.05 bits per heavy atom. The molecule has 0 bridgehead atoms. The standard InChI is InChI=1S/C29H38FN3O7Si/c1-6-11-32-22-10-9-19(33-25(37)15-26(33)39-18(3)35)13-21(22)29(28(32)38)17(2)27(41(4,5)30)23(40-29)14-24(36)31-12-7-8-20(31)16-34/h6,9-10,13,17,20,23,26-27,34H,1,7-8,11-12,14-16H2,2-5H3/t17-,20+,23+,26?,27-,29+/m1/s1. The van der Waals surface area contributed by atoms with Gasteiger partial charge in [0.1, 0.15) is 0 Å². The van der Waals surface area contributed by atoms with Crippen LogP contribution in [0.5, 0.6) is 0 Å². The highest BCUT2D eigenvalue weighted by molar-refractivity contribution is 6.72. The van der Waals surface area contributed by atoms with Gasteiger partial charge in [0, 0.05) is 42.7 Å². The van der Waals surface area contributed by atoms with E-state index in [1.165, 1.54) is 11.8 Å². The van der Waals surface area contributed by atoms with Gasteiger partial charge in [-0.2, -0.15) is 0 Å². The van der Waals surface area contributed by atoms with Crippen LogP contribution in [0.25, 0.3) is 0 Å². The van der Waals surface area contributed by atoms with Crippen LogP contribution < -0.4 is 9.80 Å². The maximum absolute atomic E-state index is 16.1. The summed E-state index contributed by atoms with van der Waals surface area (Å²) in [5.41, 5.74) is -0.766. The van der Waals surface area contributed by atoms with Crippen LogP contribution in [0.4, 0.5) is 15.5 Å². The normalized spacial score (nSPS) is 31.1. The second-order valence-electron chi connectivity index (χ2n) is 12.0. The van der Waals surface area contributed by atoms with E-state index in [-0.39, 0.29) is 49.8 Å². The third kappa shape index (κ3) is 4.69. The lowest BCUT2D eigenvalue weighted by atomic mass is 9.82. The number of carbonyl (C=O) groups is 4. The molecular weight excluding hydrogens is 549 g/mol. The molecule has 5 rings (SSSR count). The Kier molecular flexibility index (Phi) is 7.62. The Morgan fingerprint density at radius 3 is 2.66 bits per heavy atom. The van der Waals surface area contributed by atoms with Gasteiger partial charge >= 0.3 is 5.97 Å². The van der Waals surface area contributed by atoms with Crippen molar-refractivity contribution in [2.45, 2.75) is 82.1 Å². The molecule has 3 amide bonds. The van der Waals surface area contributed by atoms with Crippen LogP contribution in [0.3, 0.4) is 0 Å². The van der Waals surface area contributed by atoms with Crippen molar-refractivity contribution in [3.05, 3.63) is 36.4 Å². The smallest absolute Gasteiger partial charge is 0.304 e. The van der Waals surface area contributed by atoms with Crippen molar-refractivity contribution in [2.24, 2.45) is 5.92 Å². The molecule has 1 spiro atoms. The number of anilines is 2. The van der Waals surface area contributed by atoms with Gasteiger partial charge in [0.2, 0.25) is 20.2 Å². The molecule has 1 aromatic carbocycles. The van der Waals surface area contributed by atoms with Crippen LogP contribution in [-0.2, 0) is 34.3 Å². The molecule has 6 atom stereocenters. The van der Waals surface area contributed by atoms with E-state index in [1.54, 1.807) is 54.1 Å². The van der Waals surface area contributed by atoms with Gasteiger partial charge in [0.25, 0.3) is 5.91 Å². The summed E-state index contributed by atoms with van der Waals surface area (Å²) < 4.78 is 28.0. The highest BCUT2D eigenvalue weighted by Gasteiger charge is 2.67.